The molecule has 3 aromatic rings. The first-order valence-electron chi connectivity index (χ1n) is 16.0. The molecule has 0 bridgehead atoms. The van der Waals surface area contributed by atoms with E-state index in [9.17, 15) is 26.3 Å². The van der Waals surface area contributed by atoms with Crippen molar-refractivity contribution in [3.05, 3.63) is 47.0 Å². The zero-order valence-corrected chi connectivity index (χ0v) is 28.9. The van der Waals surface area contributed by atoms with Gasteiger partial charge in [0.2, 0.25) is 0 Å². The van der Waals surface area contributed by atoms with Crippen molar-refractivity contribution in [3.8, 4) is 22.8 Å². The van der Waals surface area contributed by atoms with Gasteiger partial charge < -0.3 is 34.5 Å². The third-order valence-electron chi connectivity index (χ3n) is 8.61. The minimum atomic E-state index is -5.08. The number of nitrogens with one attached hydrogen (secondary N) is 1. The van der Waals surface area contributed by atoms with Gasteiger partial charge in [-0.05, 0) is 99.6 Å². The maximum atomic E-state index is 10.6. The van der Waals surface area contributed by atoms with Crippen LogP contribution in [0.4, 0.5) is 26.3 Å². The Kier molecular flexibility index (Phi) is 14.3. The molecule has 0 unspecified atom stereocenters. The van der Waals surface area contributed by atoms with Gasteiger partial charge in [-0.15, -0.1) is 0 Å². The lowest BCUT2D eigenvalue weighted by Gasteiger charge is -2.42. The standard InChI is InChI=1S/C30H40ClN3O2.2C2HF3O2/c1-20(2)19-33-13-11-24(12-14-33)34-15-9-21(10-16-34)22-5-7-26-25(17-22)29(31)30(32-26)23-6-8-27(35-3)28(18-23)36-4;2*3-2(4,5)1(6)7/h5-8,17-18,20-21,24,32H,9-16,19H2,1-4H3;2*(H,6,7). The number of piperidine rings is 2. The van der Waals surface area contributed by atoms with E-state index in [4.69, 9.17) is 40.9 Å². The first-order valence-corrected chi connectivity index (χ1v) is 16.3. The Balaban J connectivity index is 0.000000408. The number of rotatable bonds is 7. The van der Waals surface area contributed by atoms with Crippen LogP contribution in [0.25, 0.3) is 22.2 Å². The Hall–Kier alpha value is -3.69. The van der Waals surface area contributed by atoms with E-state index in [0.29, 0.717) is 17.4 Å². The lowest BCUT2D eigenvalue weighted by atomic mass is 9.87. The van der Waals surface area contributed by atoms with E-state index in [0.717, 1.165) is 39.1 Å². The number of hydrogen-bond acceptors (Lipinski definition) is 6. The average molecular weight is 738 g/mol. The predicted molar refractivity (Wildman–Crippen MR) is 177 cm³/mol. The normalized spacial score (nSPS) is 16.7. The molecule has 2 aliphatic heterocycles. The molecule has 0 aliphatic carbocycles. The van der Waals surface area contributed by atoms with E-state index in [-0.39, 0.29) is 0 Å². The molecule has 2 fully saturated rings. The number of aliphatic carboxylic acids is 2. The molecule has 0 radical (unpaired) electrons. The Bertz CT molecular complexity index is 1560. The summed E-state index contributed by atoms with van der Waals surface area (Å²) in [5, 5.41) is 16.1. The quantitative estimate of drug-likeness (QED) is 0.209. The number of halogens is 7. The Labute approximate surface area is 291 Å². The molecule has 0 atom stereocenters. The van der Waals surface area contributed by atoms with Crippen LogP contribution in [0, 0.1) is 5.92 Å². The minimum Gasteiger partial charge on any atom is -0.493 e. The van der Waals surface area contributed by atoms with Gasteiger partial charge in [0.05, 0.1) is 24.9 Å². The number of aromatic amines is 1. The summed E-state index contributed by atoms with van der Waals surface area (Å²) in [6, 6.07) is 13.5. The van der Waals surface area contributed by atoms with Gasteiger partial charge in [-0.1, -0.05) is 31.5 Å². The summed E-state index contributed by atoms with van der Waals surface area (Å²) in [5.41, 5.74) is 4.39. The second kappa shape index (κ2) is 17.5. The molecule has 9 nitrogen and oxygen atoms in total. The molecule has 2 saturated heterocycles. The average Bonchev–Trinajstić information content (AvgIpc) is 3.39. The third kappa shape index (κ3) is 11.2. The van der Waals surface area contributed by atoms with E-state index < -0.39 is 24.3 Å². The maximum Gasteiger partial charge on any atom is 0.490 e. The molecule has 2 aromatic carbocycles. The summed E-state index contributed by atoms with van der Waals surface area (Å²) in [6.45, 7) is 10.8. The Morgan fingerprint density at radius 2 is 1.40 bits per heavy atom. The fourth-order valence-electron chi connectivity index (χ4n) is 6.20. The number of likely N-dealkylation sites (tertiary alicyclic amines) is 2. The molecular formula is C34H42ClF6N3O6. The van der Waals surface area contributed by atoms with Gasteiger partial charge in [0, 0.05) is 29.1 Å². The number of ether oxygens (including phenoxy) is 2. The number of carboxylic acids is 2. The van der Waals surface area contributed by atoms with Crippen molar-refractivity contribution in [3.63, 3.8) is 0 Å². The van der Waals surface area contributed by atoms with Crippen molar-refractivity contribution in [1.82, 2.24) is 14.8 Å². The lowest BCUT2D eigenvalue weighted by molar-refractivity contribution is -0.193. The van der Waals surface area contributed by atoms with Crippen LogP contribution in [0.15, 0.2) is 36.4 Å². The molecule has 0 amide bonds. The fourth-order valence-corrected chi connectivity index (χ4v) is 6.52. The third-order valence-corrected chi connectivity index (χ3v) is 9.01. The summed E-state index contributed by atoms with van der Waals surface area (Å²) < 4.78 is 74.4. The largest absolute Gasteiger partial charge is 0.493 e. The highest BCUT2D eigenvalue weighted by atomic mass is 35.5. The van der Waals surface area contributed by atoms with Gasteiger partial charge in [0.15, 0.2) is 11.5 Å². The number of aromatic nitrogens is 1. The van der Waals surface area contributed by atoms with E-state index in [1.165, 1.54) is 64.0 Å². The molecule has 16 heteroatoms. The van der Waals surface area contributed by atoms with Crippen LogP contribution in [0.1, 0.15) is 51.0 Å². The number of nitrogens with zero attached hydrogens (tertiary/aromatic N) is 2. The van der Waals surface area contributed by atoms with Gasteiger partial charge in [0.25, 0.3) is 0 Å². The molecule has 50 heavy (non-hydrogen) atoms. The van der Waals surface area contributed by atoms with Crippen molar-refractivity contribution >= 4 is 34.4 Å². The number of alkyl halides is 6. The Morgan fingerprint density at radius 3 is 1.88 bits per heavy atom. The Morgan fingerprint density at radius 1 is 0.860 bits per heavy atom. The first-order chi connectivity index (χ1) is 23.3. The van der Waals surface area contributed by atoms with Gasteiger partial charge in [0.1, 0.15) is 0 Å². The number of carboxylic acid groups (broad SMARTS) is 2. The number of benzene rings is 2. The van der Waals surface area contributed by atoms with E-state index in [2.05, 4.69) is 46.8 Å². The number of H-pyrrole nitrogens is 1. The SMILES string of the molecule is COc1ccc(-c2[nH]c3ccc(C4CCN(C5CCN(CC(C)C)CC5)CC4)cc3c2Cl)cc1OC.O=C(O)C(F)(F)F.O=C(O)C(F)(F)F. The van der Waals surface area contributed by atoms with E-state index >= 15 is 0 Å². The van der Waals surface area contributed by atoms with Crippen LogP contribution in [0.3, 0.4) is 0 Å². The number of hydrogen-bond donors (Lipinski definition) is 3. The van der Waals surface area contributed by atoms with Crippen LogP contribution in [-0.4, -0.2) is 102 Å². The number of fused-ring (bicyclic) bond motifs is 1. The van der Waals surface area contributed by atoms with Crippen molar-refractivity contribution in [1.29, 1.82) is 0 Å². The lowest BCUT2D eigenvalue weighted by Crippen LogP contribution is -2.48. The van der Waals surface area contributed by atoms with Gasteiger partial charge in [-0.2, -0.15) is 26.3 Å². The first kappa shape index (κ1) is 40.7. The molecule has 0 saturated carbocycles. The van der Waals surface area contributed by atoms with Crippen molar-refractivity contribution in [2.75, 3.05) is 46.9 Å². The molecule has 1 aromatic heterocycles. The van der Waals surface area contributed by atoms with E-state index in [1.54, 1.807) is 14.2 Å². The zero-order valence-electron chi connectivity index (χ0n) is 28.1. The molecular weight excluding hydrogens is 696 g/mol. The monoisotopic (exact) mass is 737 g/mol. The van der Waals surface area contributed by atoms with Crippen molar-refractivity contribution < 1.29 is 55.6 Å². The molecule has 278 valence electrons. The fraction of sp³-hybridized carbons (Fsp3) is 0.529. The number of methoxy groups -OCH3 is 2. The van der Waals surface area contributed by atoms with Crippen LogP contribution in [-0.2, 0) is 9.59 Å². The van der Waals surface area contributed by atoms with Crippen molar-refractivity contribution in [2.45, 2.75) is 63.8 Å². The van der Waals surface area contributed by atoms with Crippen LogP contribution < -0.4 is 9.47 Å². The van der Waals surface area contributed by atoms with Crippen LogP contribution >= 0.6 is 11.6 Å². The van der Waals surface area contributed by atoms with E-state index in [1.807, 2.05) is 18.2 Å². The van der Waals surface area contributed by atoms with Crippen molar-refractivity contribution in [2.24, 2.45) is 5.92 Å². The number of carbonyl (C=O) groups is 2. The highest BCUT2D eigenvalue weighted by molar-refractivity contribution is 6.38. The highest BCUT2D eigenvalue weighted by Crippen LogP contribution is 2.40. The minimum absolute atomic E-state index is 0.599. The van der Waals surface area contributed by atoms with Crippen LogP contribution in [0.5, 0.6) is 11.5 Å². The van der Waals surface area contributed by atoms with Crippen LogP contribution in [0.2, 0.25) is 5.02 Å². The molecule has 2 aliphatic rings. The van der Waals surface area contributed by atoms with Gasteiger partial charge in [-0.3, -0.25) is 0 Å². The predicted octanol–water partition coefficient (Wildman–Crippen LogP) is 8.07. The molecule has 3 heterocycles. The van der Waals surface area contributed by atoms with Gasteiger partial charge in [-0.25, -0.2) is 9.59 Å². The molecule has 5 rings (SSSR count). The zero-order chi connectivity index (χ0) is 37.4. The summed E-state index contributed by atoms with van der Waals surface area (Å²) >= 11 is 6.92. The summed E-state index contributed by atoms with van der Waals surface area (Å²) in [6.07, 6.45) is -5.08. The van der Waals surface area contributed by atoms with Gasteiger partial charge >= 0.3 is 24.3 Å². The summed E-state index contributed by atoms with van der Waals surface area (Å²) in [5.74, 6) is -2.74. The maximum absolute atomic E-state index is 10.6. The molecule has 0 spiro atoms. The smallest absolute Gasteiger partial charge is 0.490 e. The summed E-state index contributed by atoms with van der Waals surface area (Å²) in [4.78, 5) is 26.7. The highest BCUT2D eigenvalue weighted by Gasteiger charge is 2.39. The second-order valence-corrected chi connectivity index (χ2v) is 12.9. The summed E-state index contributed by atoms with van der Waals surface area (Å²) in [7, 11) is 3.30. The topological polar surface area (TPSA) is 115 Å². The molecule has 3 N–H and O–H groups in total. The second-order valence-electron chi connectivity index (χ2n) is 12.5.